The Morgan fingerprint density at radius 2 is 2.37 bits per heavy atom. The second-order valence-electron chi connectivity index (χ2n) is 5.34. The average molecular weight is 282 g/mol. The number of rotatable bonds is 2. The fourth-order valence-corrected chi connectivity index (χ4v) is 3.08. The molecule has 6 heteroatoms. The lowest BCUT2D eigenvalue weighted by Gasteiger charge is -2.30. The number of piperidine rings is 1. The summed E-state index contributed by atoms with van der Waals surface area (Å²) >= 11 is 5.67. The van der Waals surface area contributed by atoms with Gasteiger partial charge in [-0.3, -0.25) is 4.79 Å². The van der Waals surface area contributed by atoms with Crippen LogP contribution in [0.3, 0.4) is 0 Å². The predicted octanol–water partition coefficient (Wildman–Crippen LogP) is 1.26. The van der Waals surface area contributed by atoms with Gasteiger partial charge in [0.25, 0.3) is 5.91 Å². The van der Waals surface area contributed by atoms with Crippen LogP contribution in [0.2, 0.25) is 5.02 Å². The van der Waals surface area contributed by atoms with Gasteiger partial charge in [-0.05, 0) is 25.3 Å². The van der Waals surface area contributed by atoms with Crippen LogP contribution in [0.1, 0.15) is 23.3 Å². The molecule has 3 atom stereocenters. The van der Waals surface area contributed by atoms with E-state index >= 15 is 0 Å². The van der Waals surface area contributed by atoms with Crippen molar-refractivity contribution in [3.05, 3.63) is 23.0 Å². The number of fused-ring (bicyclic) bond motifs is 2. The number of carbonyl (C=O) groups excluding carboxylic acids is 1. The van der Waals surface area contributed by atoms with Crippen molar-refractivity contribution < 1.29 is 9.90 Å². The number of halogens is 1. The van der Waals surface area contributed by atoms with E-state index in [1.165, 1.54) is 18.7 Å². The van der Waals surface area contributed by atoms with E-state index in [1.807, 2.05) is 0 Å². The Hall–Kier alpha value is -1.33. The van der Waals surface area contributed by atoms with Crippen molar-refractivity contribution >= 4 is 17.5 Å². The lowest BCUT2D eigenvalue weighted by atomic mass is 9.97. The van der Waals surface area contributed by atoms with Gasteiger partial charge >= 0.3 is 0 Å². The first kappa shape index (κ1) is 12.7. The van der Waals surface area contributed by atoms with E-state index in [0.717, 1.165) is 26.1 Å². The molecule has 2 saturated heterocycles. The van der Waals surface area contributed by atoms with Crippen molar-refractivity contribution in [3.8, 4) is 5.75 Å². The van der Waals surface area contributed by atoms with Gasteiger partial charge in [-0.1, -0.05) is 11.6 Å². The van der Waals surface area contributed by atoms with E-state index in [2.05, 4.69) is 15.2 Å². The maximum atomic E-state index is 12.1. The summed E-state index contributed by atoms with van der Waals surface area (Å²) in [6.45, 7) is 3.20. The summed E-state index contributed by atoms with van der Waals surface area (Å²) in [5, 5.41) is 12.6. The highest BCUT2D eigenvalue weighted by Gasteiger charge is 2.33. The zero-order valence-electron chi connectivity index (χ0n) is 10.5. The van der Waals surface area contributed by atoms with Gasteiger partial charge in [0.15, 0.2) is 0 Å². The molecule has 1 amide bonds. The van der Waals surface area contributed by atoms with Gasteiger partial charge < -0.3 is 15.3 Å². The fourth-order valence-electron chi connectivity index (χ4n) is 2.98. The zero-order valence-corrected chi connectivity index (χ0v) is 11.2. The Morgan fingerprint density at radius 1 is 1.53 bits per heavy atom. The van der Waals surface area contributed by atoms with Crippen molar-refractivity contribution in [2.75, 3.05) is 19.6 Å². The molecule has 0 saturated carbocycles. The molecule has 2 aliphatic rings. The molecule has 0 spiro atoms. The van der Waals surface area contributed by atoms with E-state index in [4.69, 9.17) is 11.6 Å². The molecule has 3 rings (SSSR count). The number of pyridine rings is 1. The molecular formula is C13H16ClN3O2. The molecule has 1 aromatic rings. The molecule has 102 valence electrons. The van der Waals surface area contributed by atoms with Crippen LogP contribution in [0.5, 0.6) is 5.75 Å². The summed E-state index contributed by atoms with van der Waals surface area (Å²) in [6.07, 6.45) is 3.55. The van der Waals surface area contributed by atoms with Gasteiger partial charge in [0.05, 0.1) is 6.20 Å². The maximum absolute atomic E-state index is 12.1. The monoisotopic (exact) mass is 281 g/mol. The highest BCUT2D eigenvalue weighted by atomic mass is 35.5. The van der Waals surface area contributed by atoms with E-state index in [0.29, 0.717) is 5.92 Å². The number of amides is 1. The van der Waals surface area contributed by atoms with Gasteiger partial charge in [0.1, 0.15) is 16.5 Å². The quantitative estimate of drug-likeness (QED) is 0.857. The summed E-state index contributed by atoms with van der Waals surface area (Å²) in [5.74, 6) is 0.333. The van der Waals surface area contributed by atoms with Crippen molar-refractivity contribution in [1.82, 2.24) is 15.2 Å². The summed E-state index contributed by atoms with van der Waals surface area (Å²) in [5.41, 5.74) is 0.204. The van der Waals surface area contributed by atoms with Crippen LogP contribution in [-0.2, 0) is 0 Å². The Kier molecular flexibility index (Phi) is 3.33. The molecule has 3 heterocycles. The second kappa shape index (κ2) is 4.98. The summed E-state index contributed by atoms with van der Waals surface area (Å²) in [7, 11) is 0. The van der Waals surface area contributed by atoms with Crippen LogP contribution in [-0.4, -0.2) is 46.6 Å². The third kappa shape index (κ3) is 2.67. The number of nitrogens with one attached hydrogen (secondary N) is 1. The molecule has 19 heavy (non-hydrogen) atoms. The standard InChI is InChI=1S/C13H16ClN3O2/c14-10-5-15-11(4-12(10)18)13(19)16-9-3-8-1-2-17(6-8)7-9/h4-5,8-9H,1-3,6-7H2,(H,15,18)(H,16,19)/t8-,9-/m1/s1. The third-order valence-corrected chi connectivity index (χ3v) is 4.16. The lowest BCUT2D eigenvalue weighted by Crippen LogP contribution is -2.47. The average Bonchev–Trinajstić information content (AvgIpc) is 2.72. The number of carbonyl (C=O) groups is 1. The van der Waals surface area contributed by atoms with Crippen LogP contribution >= 0.6 is 11.6 Å². The molecule has 2 fully saturated rings. The van der Waals surface area contributed by atoms with Gasteiger partial charge in [-0.2, -0.15) is 0 Å². The first-order valence-electron chi connectivity index (χ1n) is 6.49. The second-order valence-corrected chi connectivity index (χ2v) is 5.75. The predicted molar refractivity (Wildman–Crippen MR) is 71.3 cm³/mol. The summed E-state index contributed by atoms with van der Waals surface area (Å²) in [6, 6.07) is 1.48. The van der Waals surface area contributed by atoms with Crippen LogP contribution in [0, 0.1) is 5.92 Å². The van der Waals surface area contributed by atoms with Gasteiger partial charge in [-0.25, -0.2) is 4.98 Å². The smallest absolute Gasteiger partial charge is 0.270 e. The van der Waals surface area contributed by atoms with E-state index in [1.54, 1.807) is 0 Å². The number of hydrogen-bond acceptors (Lipinski definition) is 4. The minimum absolute atomic E-state index is 0.116. The van der Waals surface area contributed by atoms with Crippen LogP contribution in [0.15, 0.2) is 12.3 Å². The van der Waals surface area contributed by atoms with Crippen molar-refractivity contribution in [2.24, 2.45) is 5.92 Å². The molecule has 2 bridgehead atoms. The summed E-state index contributed by atoms with van der Waals surface area (Å²) in [4.78, 5) is 18.4. The van der Waals surface area contributed by atoms with Gasteiger partial charge in [-0.15, -0.1) is 0 Å². The van der Waals surface area contributed by atoms with Crippen molar-refractivity contribution in [2.45, 2.75) is 18.9 Å². The van der Waals surface area contributed by atoms with E-state index in [9.17, 15) is 9.90 Å². The largest absolute Gasteiger partial charge is 0.506 e. The Morgan fingerprint density at radius 3 is 3.11 bits per heavy atom. The SMILES string of the molecule is O=C(N[C@@H]1C[C@H]2CCN(C2)C1)c1cc(O)c(Cl)cn1. The van der Waals surface area contributed by atoms with E-state index in [-0.39, 0.29) is 28.4 Å². The van der Waals surface area contributed by atoms with Crippen molar-refractivity contribution in [1.29, 1.82) is 0 Å². The first-order chi connectivity index (χ1) is 9.11. The number of aromatic hydroxyl groups is 1. The Bertz CT molecular complexity index is 497. The number of hydrogen-bond donors (Lipinski definition) is 2. The Balaban J connectivity index is 1.66. The normalized spacial score (nSPS) is 29.2. The highest BCUT2D eigenvalue weighted by molar-refractivity contribution is 6.31. The number of nitrogens with zero attached hydrogens (tertiary/aromatic N) is 2. The molecule has 2 N–H and O–H groups in total. The maximum Gasteiger partial charge on any atom is 0.270 e. The van der Waals surface area contributed by atoms with Gasteiger partial charge in [0, 0.05) is 25.2 Å². The number of aromatic nitrogens is 1. The van der Waals surface area contributed by atoms with E-state index < -0.39 is 0 Å². The molecule has 0 aromatic carbocycles. The fraction of sp³-hybridized carbons (Fsp3) is 0.538. The molecule has 1 aromatic heterocycles. The Labute approximate surface area is 116 Å². The lowest BCUT2D eigenvalue weighted by molar-refractivity contribution is 0.0904. The zero-order chi connectivity index (χ0) is 13.4. The molecule has 0 aliphatic carbocycles. The molecule has 5 nitrogen and oxygen atoms in total. The third-order valence-electron chi connectivity index (χ3n) is 3.87. The minimum atomic E-state index is -0.250. The minimum Gasteiger partial charge on any atom is -0.506 e. The molecule has 2 aliphatic heterocycles. The highest BCUT2D eigenvalue weighted by Crippen LogP contribution is 2.27. The summed E-state index contributed by atoms with van der Waals surface area (Å²) < 4.78 is 0. The first-order valence-corrected chi connectivity index (χ1v) is 6.87. The van der Waals surface area contributed by atoms with Crippen LogP contribution in [0.4, 0.5) is 0 Å². The molecule has 0 radical (unpaired) electrons. The van der Waals surface area contributed by atoms with Crippen molar-refractivity contribution in [3.63, 3.8) is 0 Å². The molecular weight excluding hydrogens is 266 g/mol. The van der Waals surface area contributed by atoms with Gasteiger partial charge in [0.2, 0.25) is 0 Å². The topological polar surface area (TPSA) is 65.5 Å². The van der Waals surface area contributed by atoms with Crippen LogP contribution < -0.4 is 5.32 Å². The molecule has 1 unspecified atom stereocenters. The van der Waals surface area contributed by atoms with Crippen LogP contribution in [0.25, 0.3) is 0 Å².